The Balaban J connectivity index is 1.62. The molecule has 0 atom stereocenters. The molecule has 0 bridgehead atoms. The van der Waals surface area contributed by atoms with Crippen LogP contribution in [0.2, 0.25) is 0 Å². The Hall–Kier alpha value is -3.56. The van der Waals surface area contributed by atoms with Crippen LogP contribution in [0.15, 0.2) is 70.4 Å². The summed E-state index contributed by atoms with van der Waals surface area (Å²) in [7, 11) is 1.63. The van der Waals surface area contributed by atoms with Crippen molar-refractivity contribution in [3.63, 3.8) is 0 Å². The molecule has 0 aliphatic heterocycles. The predicted molar refractivity (Wildman–Crippen MR) is 135 cm³/mol. The van der Waals surface area contributed by atoms with E-state index in [-0.39, 0.29) is 17.7 Å². The van der Waals surface area contributed by atoms with Crippen molar-refractivity contribution >= 4 is 34.5 Å². The summed E-state index contributed by atoms with van der Waals surface area (Å²) in [6, 6.07) is 13.6. The second-order valence-corrected chi connectivity index (χ2v) is 9.52. The number of carbonyl (C=O) groups excluding carboxylic acids is 2. The van der Waals surface area contributed by atoms with E-state index in [9.17, 15) is 14.4 Å². The number of benzene rings is 1. The number of thiophene rings is 1. The Morgan fingerprint density at radius 1 is 1.06 bits per heavy atom. The predicted octanol–water partition coefficient (Wildman–Crippen LogP) is 4.10. The number of hydrogen-bond acceptors (Lipinski definition) is 6. The van der Waals surface area contributed by atoms with Gasteiger partial charge in [-0.25, -0.2) is 4.98 Å². The Labute approximate surface area is 205 Å². The number of carbonyl (C=O) groups is 2. The molecule has 0 unspecified atom stereocenters. The molecule has 7 nitrogen and oxygen atoms in total. The van der Waals surface area contributed by atoms with E-state index in [1.54, 1.807) is 29.9 Å². The molecule has 4 aromatic rings. The fourth-order valence-electron chi connectivity index (χ4n) is 3.50. The number of hydrogen-bond donors (Lipinski definition) is 1. The van der Waals surface area contributed by atoms with Gasteiger partial charge in [-0.05, 0) is 23.9 Å². The number of amides is 2. The summed E-state index contributed by atoms with van der Waals surface area (Å²) >= 11 is 3.13. The van der Waals surface area contributed by atoms with Crippen molar-refractivity contribution in [3.05, 3.63) is 98.2 Å². The zero-order valence-electron chi connectivity index (χ0n) is 18.9. The summed E-state index contributed by atoms with van der Waals surface area (Å²) in [6.45, 7) is 2.84. The van der Waals surface area contributed by atoms with E-state index < -0.39 is 17.2 Å². The van der Waals surface area contributed by atoms with Crippen molar-refractivity contribution in [2.45, 2.75) is 20.0 Å². The summed E-state index contributed by atoms with van der Waals surface area (Å²) in [4.78, 5) is 46.1. The molecule has 0 radical (unpaired) electrons. The Morgan fingerprint density at radius 2 is 1.82 bits per heavy atom. The quantitative estimate of drug-likeness (QED) is 0.401. The normalized spacial score (nSPS) is 10.8. The van der Waals surface area contributed by atoms with Crippen molar-refractivity contribution in [1.82, 2.24) is 19.8 Å². The van der Waals surface area contributed by atoms with Gasteiger partial charge in [-0.1, -0.05) is 36.4 Å². The lowest BCUT2D eigenvalue weighted by Crippen LogP contribution is -2.36. The second kappa shape index (κ2) is 10.6. The lowest BCUT2D eigenvalue weighted by atomic mass is 10.1. The van der Waals surface area contributed by atoms with Crippen LogP contribution in [0.1, 0.15) is 38.9 Å². The van der Waals surface area contributed by atoms with Crippen LogP contribution in [0.4, 0.5) is 0 Å². The molecule has 3 aromatic heterocycles. The number of pyridine rings is 1. The molecule has 1 aromatic carbocycles. The van der Waals surface area contributed by atoms with Crippen molar-refractivity contribution in [2.75, 3.05) is 13.6 Å². The van der Waals surface area contributed by atoms with E-state index in [2.05, 4.69) is 10.3 Å². The highest BCUT2D eigenvalue weighted by Crippen LogP contribution is 2.28. The Morgan fingerprint density at radius 3 is 2.53 bits per heavy atom. The molecule has 3 heterocycles. The smallest absolute Gasteiger partial charge is 0.259 e. The number of rotatable bonds is 8. The first-order chi connectivity index (χ1) is 16.5. The molecule has 0 aliphatic carbocycles. The van der Waals surface area contributed by atoms with Gasteiger partial charge < -0.3 is 14.8 Å². The summed E-state index contributed by atoms with van der Waals surface area (Å²) in [6.07, 6.45) is 3.03. The van der Waals surface area contributed by atoms with Crippen LogP contribution < -0.4 is 10.7 Å². The summed E-state index contributed by atoms with van der Waals surface area (Å²) in [5.41, 5.74) is 1.06. The number of nitrogens with one attached hydrogen (secondary N) is 1. The standard InChI is InChI=1S/C25H24N4O3S2/c1-3-26-23(31)19-14-29(12-17-8-5-4-6-9-17)15-20(22(19)30)25(32)28(2)13-18-16-34-24(27-18)21-10-7-11-33-21/h4-11,14-16H,3,12-13H2,1-2H3,(H,26,31). The first-order valence-electron chi connectivity index (χ1n) is 10.8. The van der Waals surface area contributed by atoms with Crippen molar-refractivity contribution in [2.24, 2.45) is 0 Å². The first kappa shape index (κ1) is 23.6. The molecule has 0 spiro atoms. The average Bonchev–Trinajstić information content (AvgIpc) is 3.52. The number of aromatic nitrogens is 2. The maximum atomic E-state index is 13.3. The van der Waals surface area contributed by atoms with Crippen LogP contribution in [-0.2, 0) is 13.1 Å². The van der Waals surface area contributed by atoms with Gasteiger partial charge in [0.05, 0.1) is 17.1 Å². The van der Waals surface area contributed by atoms with E-state index in [1.807, 2.05) is 53.2 Å². The van der Waals surface area contributed by atoms with Crippen LogP contribution in [0.25, 0.3) is 9.88 Å². The summed E-state index contributed by atoms with van der Waals surface area (Å²) in [5, 5.41) is 7.47. The first-order valence-corrected chi connectivity index (χ1v) is 12.5. The molecule has 0 saturated heterocycles. The molecule has 1 N–H and O–H groups in total. The largest absolute Gasteiger partial charge is 0.352 e. The molecule has 0 saturated carbocycles. The zero-order chi connectivity index (χ0) is 24.1. The third-order valence-electron chi connectivity index (χ3n) is 5.13. The van der Waals surface area contributed by atoms with Gasteiger partial charge in [0.15, 0.2) is 0 Å². The van der Waals surface area contributed by atoms with E-state index >= 15 is 0 Å². The Bertz CT molecular complexity index is 1340. The van der Waals surface area contributed by atoms with Crippen molar-refractivity contribution in [3.8, 4) is 9.88 Å². The van der Waals surface area contributed by atoms with Gasteiger partial charge >= 0.3 is 0 Å². The van der Waals surface area contributed by atoms with Crippen LogP contribution in [0.3, 0.4) is 0 Å². The van der Waals surface area contributed by atoms with E-state index in [0.717, 1.165) is 21.1 Å². The summed E-state index contributed by atoms with van der Waals surface area (Å²) < 4.78 is 1.71. The molecule has 34 heavy (non-hydrogen) atoms. The highest BCUT2D eigenvalue weighted by Gasteiger charge is 2.22. The second-order valence-electron chi connectivity index (χ2n) is 7.71. The summed E-state index contributed by atoms with van der Waals surface area (Å²) in [5.74, 6) is -0.949. The molecule has 2 amide bonds. The molecule has 0 aliphatic rings. The van der Waals surface area contributed by atoms with Crippen LogP contribution in [-0.4, -0.2) is 39.9 Å². The van der Waals surface area contributed by atoms with Crippen LogP contribution in [0.5, 0.6) is 0 Å². The zero-order valence-corrected chi connectivity index (χ0v) is 20.5. The average molecular weight is 493 g/mol. The van der Waals surface area contributed by atoms with Gasteiger partial charge in [0.2, 0.25) is 5.43 Å². The van der Waals surface area contributed by atoms with Gasteiger partial charge in [0.25, 0.3) is 11.8 Å². The Kier molecular flexibility index (Phi) is 7.34. The fourth-order valence-corrected chi connectivity index (χ4v) is 5.13. The van der Waals surface area contributed by atoms with Crippen LogP contribution >= 0.6 is 22.7 Å². The number of thiazole rings is 1. The van der Waals surface area contributed by atoms with Crippen molar-refractivity contribution < 1.29 is 9.59 Å². The molecular formula is C25H24N4O3S2. The molecule has 0 fully saturated rings. The lowest BCUT2D eigenvalue weighted by Gasteiger charge is -2.18. The monoisotopic (exact) mass is 492 g/mol. The lowest BCUT2D eigenvalue weighted by molar-refractivity contribution is 0.0781. The molecule has 4 rings (SSSR count). The van der Waals surface area contributed by atoms with E-state index in [1.165, 1.54) is 28.6 Å². The maximum Gasteiger partial charge on any atom is 0.259 e. The van der Waals surface area contributed by atoms with Crippen molar-refractivity contribution in [1.29, 1.82) is 0 Å². The highest BCUT2D eigenvalue weighted by molar-refractivity contribution is 7.20. The van der Waals surface area contributed by atoms with E-state index in [0.29, 0.717) is 13.1 Å². The SMILES string of the molecule is CCNC(=O)c1cn(Cc2ccccc2)cc(C(=O)N(C)Cc2csc(-c3cccs3)n2)c1=O. The topological polar surface area (TPSA) is 84.3 Å². The van der Waals surface area contributed by atoms with Gasteiger partial charge in [0.1, 0.15) is 16.1 Å². The third kappa shape index (κ3) is 5.32. The van der Waals surface area contributed by atoms with Gasteiger partial charge in [-0.15, -0.1) is 22.7 Å². The van der Waals surface area contributed by atoms with Gasteiger partial charge in [-0.3, -0.25) is 14.4 Å². The third-order valence-corrected chi connectivity index (χ3v) is 7.06. The number of nitrogens with zero attached hydrogens (tertiary/aromatic N) is 3. The van der Waals surface area contributed by atoms with Crippen LogP contribution in [0, 0.1) is 0 Å². The minimum Gasteiger partial charge on any atom is -0.352 e. The van der Waals surface area contributed by atoms with Gasteiger partial charge in [0, 0.05) is 37.9 Å². The highest BCUT2D eigenvalue weighted by atomic mass is 32.1. The maximum absolute atomic E-state index is 13.3. The molecule has 9 heteroatoms. The fraction of sp³-hybridized carbons (Fsp3) is 0.200. The minimum absolute atomic E-state index is 0.0455. The molecular weight excluding hydrogens is 468 g/mol. The van der Waals surface area contributed by atoms with E-state index in [4.69, 9.17) is 0 Å². The van der Waals surface area contributed by atoms with Gasteiger partial charge in [-0.2, -0.15) is 0 Å². The molecule has 174 valence electrons. The minimum atomic E-state index is -0.579.